The molecule has 1 atom stereocenters. The number of carbonyl (C=O) groups is 3. The second-order valence-corrected chi connectivity index (χ2v) is 7.31. The van der Waals surface area contributed by atoms with Gasteiger partial charge in [0, 0.05) is 18.0 Å². The van der Waals surface area contributed by atoms with Crippen LogP contribution in [-0.4, -0.2) is 44.1 Å². The quantitative estimate of drug-likeness (QED) is 0.624. The Morgan fingerprint density at radius 3 is 2.72 bits per heavy atom. The molecule has 2 heterocycles. The molecule has 136 valence electrons. The summed E-state index contributed by atoms with van der Waals surface area (Å²) < 4.78 is 10.3. The number of anilines is 1. The van der Waals surface area contributed by atoms with Crippen molar-refractivity contribution >= 4 is 34.1 Å². The molecule has 0 saturated carbocycles. The Kier molecular flexibility index (Phi) is 5.70. The van der Waals surface area contributed by atoms with E-state index in [0.717, 1.165) is 49.0 Å². The third kappa shape index (κ3) is 4.01. The van der Waals surface area contributed by atoms with Crippen molar-refractivity contribution < 1.29 is 23.9 Å². The van der Waals surface area contributed by atoms with Gasteiger partial charge in [0.25, 0.3) is 0 Å². The summed E-state index contributed by atoms with van der Waals surface area (Å²) in [6.07, 6.45) is 5.55. The number of nitrogens with one attached hydrogen (secondary N) is 2. The highest BCUT2D eigenvalue weighted by atomic mass is 32.1. The van der Waals surface area contributed by atoms with Crippen LogP contribution in [0.2, 0.25) is 0 Å². The molecule has 0 bridgehead atoms. The summed E-state index contributed by atoms with van der Waals surface area (Å²) in [7, 11) is 1.31. The van der Waals surface area contributed by atoms with Crippen LogP contribution < -0.4 is 10.6 Å². The zero-order chi connectivity index (χ0) is 17.8. The highest BCUT2D eigenvalue weighted by molar-refractivity contribution is 7.17. The largest absolute Gasteiger partial charge is 0.465 e. The Labute approximate surface area is 150 Å². The number of carbonyl (C=O) groups excluding carboxylic acids is 3. The van der Waals surface area contributed by atoms with Crippen LogP contribution in [0.5, 0.6) is 0 Å². The summed E-state index contributed by atoms with van der Waals surface area (Å²) >= 11 is 1.36. The standard InChI is InChI=1S/C17H22N2O5S/c1-23-17(22)13-11-6-2-3-7-12(11)25-16(13)19-15(21)14(20)18-9-10-5-4-8-24-10/h10H,2-9H2,1H3,(H,18,20)(H,19,21)/t10-/m1/s1. The van der Waals surface area contributed by atoms with Crippen molar-refractivity contribution in [1.82, 2.24) is 5.32 Å². The van der Waals surface area contributed by atoms with Gasteiger partial charge in [-0.25, -0.2) is 4.79 Å². The zero-order valence-corrected chi connectivity index (χ0v) is 15.0. The van der Waals surface area contributed by atoms with E-state index in [2.05, 4.69) is 10.6 Å². The van der Waals surface area contributed by atoms with Crippen molar-refractivity contribution in [2.24, 2.45) is 0 Å². The van der Waals surface area contributed by atoms with Crippen molar-refractivity contribution in [2.45, 2.75) is 44.6 Å². The number of fused-ring (bicyclic) bond motifs is 1. The molecule has 2 aliphatic rings. The smallest absolute Gasteiger partial charge is 0.341 e. The Bertz CT molecular complexity index is 679. The minimum absolute atomic E-state index is 0.0311. The van der Waals surface area contributed by atoms with E-state index in [1.165, 1.54) is 18.4 Å². The molecule has 0 radical (unpaired) electrons. The van der Waals surface area contributed by atoms with Gasteiger partial charge in [-0.3, -0.25) is 9.59 Å². The van der Waals surface area contributed by atoms with E-state index in [-0.39, 0.29) is 6.10 Å². The van der Waals surface area contributed by atoms with Gasteiger partial charge in [0.2, 0.25) is 0 Å². The molecule has 1 fully saturated rings. The molecule has 25 heavy (non-hydrogen) atoms. The second kappa shape index (κ2) is 7.97. The lowest BCUT2D eigenvalue weighted by Gasteiger charge is -2.12. The summed E-state index contributed by atoms with van der Waals surface area (Å²) in [4.78, 5) is 37.4. The van der Waals surface area contributed by atoms with Crippen LogP contribution in [0, 0.1) is 0 Å². The van der Waals surface area contributed by atoms with Gasteiger partial charge < -0.3 is 20.1 Å². The summed E-state index contributed by atoms with van der Waals surface area (Å²) in [6, 6.07) is 0. The first-order chi connectivity index (χ1) is 12.1. The molecule has 2 N–H and O–H groups in total. The predicted molar refractivity (Wildman–Crippen MR) is 92.9 cm³/mol. The Hall–Kier alpha value is -1.93. The van der Waals surface area contributed by atoms with Crippen molar-refractivity contribution in [1.29, 1.82) is 0 Å². The van der Waals surface area contributed by atoms with Gasteiger partial charge in [0.15, 0.2) is 0 Å². The fourth-order valence-corrected chi connectivity index (χ4v) is 4.50. The Morgan fingerprint density at radius 1 is 1.20 bits per heavy atom. The molecule has 0 aromatic carbocycles. The molecule has 7 nitrogen and oxygen atoms in total. The normalized spacial score (nSPS) is 19.2. The molecule has 0 spiro atoms. The number of esters is 1. The monoisotopic (exact) mass is 366 g/mol. The third-order valence-electron chi connectivity index (χ3n) is 4.51. The lowest BCUT2D eigenvalue weighted by Crippen LogP contribution is -2.39. The number of amides is 2. The van der Waals surface area contributed by atoms with Crippen LogP contribution in [0.4, 0.5) is 5.00 Å². The highest BCUT2D eigenvalue weighted by Gasteiger charge is 2.28. The first-order valence-electron chi connectivity index (χ1n) is 8.53. The minimum Gasteiger partial charge on any atom is -0.465 e. The molecule has 1 aromatic heterocycles. The van der Waals surface area contributed by atoms with E-state index >= 15 is 0 Å². The third-order valence-corrected chi connectivity index (χ3v) is 5.72. The average Bonchev–Trinajstić information content (AvgIpc) is 3.26. The maximum Gasteiger partial charge on any atom is 0.341 e. The number of hydrogen-bond donors (Lipinski definition) is 2. The first-order valence-corrected chi connectivity index (χ1v) is 9.35. The van der Waals surface area contributed by atoms with E-state index in [0.29, 0.717) is 23.7 Å². The maximum atomic E-state index is 12.2. The topological polar surface area (TPSA) is 93.7 Å². The number of aryl methyl sites for hydroxylation is 1. The summed E-state index contributed by atoms with van der Waals surface area (Å²) in [6.45, 7) is 1.01. The van der Waals surface area contributed by atoms with Gasteiger partial charge in [-0.2, -0.15) is 0 Å². The molecular formula is C17H22N2O5S. The summed E-state index contributed by atoms with van der Waals surface area (Å²) in [5.41, 5.74) is 1.33. The molecule has 1 saturated heterocycles. The lowest BCUT2D eigenvalue weighted by atomic mass is 9.95. The van der Waals surface area contributed by atoms with E-state index in [1.807, 2.05) is 0 Å². The Balaban J connectivity index is 1.68. The van der Waals surface area contributed by atoms with Crippen molar-refractivity contribution in [3.8, 4) is 0 Å². The van der Waals surface area contributed by atoms with E-state index in [9.17, 15) is 14.4 Å². The number of thiophene rings is 1. The summed E-state index contributed by atoms with van der Waals surface area (Å²) in [5.74, 6) is -1.98. The number of methoxy groups -OCH3 is 1. The van der Waals surface area contributed by atoms with Crippen LogP contribution >= 0.6 is 11.3 Å². The minimum atomic E-state index is -0.776. The maximum absolute atomic E-state index is 12.2. The molecule has 8 heteroatoms. The van der Waals surface area contributed by atoms with Crippen LogP contribution in [0.3, 0.4) is 0 Å². The van der Waals surface area contributed by atoms with Crippen LogP contribution in [0.25, 0.3) is 0 Å². The molecule has 0 unspecified atom stereocenters. The molecule has 1 aliphatic carbocycles. The van der Waals surface area contributed by atoms with Crippen molar-refractivity contribution in [3.05, 3.63) is 16.0 Å². The van der Waals surface area contributed by atoms with Crippen LogP contribution in [0.15, 0.2) is 0 Å². The second-order valence-electron chi connectivity index (χ2n) is 6.21. The predicted octanol–water partition coefficient (Wildman–Crippen LogP) is 1.65. The average molecular weight is 366 g/mol. The molecular weight excluding hydrogens is 344 g/mol. The highest BCUT2D eigenvalue weighted by Crippen LogP contribution is 2.38. The molecule has 1 aliphatic heterocycles. The van der Waals surface area contributed by atoms with Crippen molar-refractivity contribution in [2.75, 3.05) is 25.6 Å². The fourth-order valence-electron chi connectivity index (χ4n) is 3.22. The van der Waals surface area contributed by atoms with Gasteiger partial charge in [-0.05, 0) is 44.1 Å². The fraction of sp³-hybridized carbons (Fsp3) is 0.588. The Morgan fingerprint density at radius 2 is 2.00 bits per heavy atom. The number of hydrogen-bond acceptors (Lipinski definition) is 6. The van der Waals surface area contributed by atoms with Crippen molar-refractivity contribution in [3.63, 3.8) is 0 Å². The van der Waals surface area contributed by atoms with Gasteiger partial charge in [-0.15, -0.1) is 11.3 Å². The molecule has 2 amide bonds. The molecule has 3 rings (SSSR count). The van der Waals surface area contributed by atoms with Crippen LogP contribution in [0.1, 0.15) is 46.5 Å². The van der Waals surface area contributed by atoms with E-state index < -0.39 is 17.8 Å². The first kappa shape index (κ1) is 17.9. The summed E-state index contributed by atoms with van der Waals surface area (Å²) in [5, 5.41) is 5.56. The van der Waals surface area contributed by atoms with Gasteiger partial charge in [-0.1, -0.05) is 0 Å². The van der Waals surface area contributed by atoms with Crippen LogP contribution in [-0.2, 0) is 31.9 Å². The van der Waals surface area contributed by atoms with Gasteiger partial charge in [0.1, 0.15) is 5.00 Å². The number of rotatable bonds is 4. The van der Waals surface area contributed by atoms with Gasteiger partial charge in [0.05, 0.1) is 18.8 Å². The van der Waals surface area contributed by atoms with E-state index in [1.54, 1.807) is 0 Å². The zero-order valence-electron chi connectivity index (χ0n) is 14.2. The SMILES string of the molecule is COC(=O)c1c(NC(=O)C(=O)NC[C@H]2CCCO2)sc2c1CCCC2. The number of ether oxygens (including phenoxy) is 2. The van der Waals surface area contributed by atoms with E-state index in [4.69, 9.17) is 9.47 Å². The lowest BCUT2D eigenvalue weighted by molar-refractivity contribution is -0.136. The van der Waals surface area contributed by atoms with Gasteiger partial charge >= 0.3 is 17.8 Å². The molecule has 1 aromatic rings.